The first kappa shape index (κ1) is 28.5. The lowest BCUT2D eigenvalue weighted by molar-refractivity contribution is -0.192. The molecule has 0 saturated carbocycles. The summed E-state index contributed by atoms with van der Waals surface area (Å²) in [6, 6.07) is 5.43. The van der Waals surface area contributed by atoms with Crippen LogP contribution in [0.1, 0.15) is 11.3 Å². The standard InChI is InChI=1S/C17H20N6O4S2.C2HF3O2/c1-10-11(2)22-23-16(10)20-15-5-6-18-17(21-15)19-12-7-13(28(3,24)25)9-14(8-12)29(4,26)27;3-2(4,5)1(6)7/h5-9H,1-4H3,(H3,18,19,20,21,22,23);(H,6,7). The average Bonchev–Trinajstić information content (AvgIpc) is 3.04. The predicted octanol–water partition coefficient (Wildman–Crippen LogP) is 2.74. The van der Waals surface area contributed by atoms with Gasteiger partial charge in [0.1, 0.15) is 11.6 Å². The summed E-state index contributed by atoms with van der Waals surface area (Å²) in [4.78, 5) is 17.1. The Kier molecular flexibility index (Phi) is 8.30. The monoisotopic (exact) mass is 550 g/mol. The number of aryl methyl sites for hydroxylation is 1. The summed E-state index contributed by atoms with van der Waals surface area (Å²) in [5, 5.41) is 20.0. The van der Waals surface area contributed by atoms with Gasteiger partial charge in [-0.25, -0.2) is 26.6 Å². The third kappa shape index (κ3) is 7.91. The van der Waals surface area contributed by atoms with Crippen molar-refractivity contribution in [1.29, 1.82) is 0 Å². The summed E-state index contributed by atoms with van der Waals surface area (Å²) in [7, 11) is -7.24. The number of alkyl halides is 3. The number of carbonyl (C=O) groups is 1. The molecule has 36 heavy (non-hydrogen) atoms. The maximum atomic E-state index is 11.9. The highest BCUT2D eigenvalue weighted by Gasteiger charge is 2.38. The van der Waals surface area contributed by atoms with E-state index in [1.807, 2.05) is 13.8 Å². The van der Waals surface area contributed by atoms with E-state index < -0.39 is 31.8 Å². The number of anilines is 4. The lowest BCUT2D eigenvalue weighted by atomic mass is 10.3. The van der Waals surface area contributed by atoms with Crippen molar-refractivity contribution in [3.8, 4) is 0 Å². The number of sulfone groups is 2. The number of rotatable bonds is 6. The van der Waals surface area contributed by atoms with Gasteiger partial charge in [-0.1, -0.05) is 0 Å². The Morgan fingerprint density at radius 2 is 1.53 bits per heavy atom. The van der Waals surface area contributed by atoms with Crippen LogP contribution in [-0.4, -0.2) is 66.8 Å². The van der Waals surface area contributed by atoms with Crippen LogP contribution in [0, 0.1) is 13.8 Å². The van der Waals surface area contributed by atoms with E-state index in [9.17, 15) is 30.0 Å². The van der Waals surface area contributed by atoms with Gasteiger partial charge in [0.15, 0.2) is 19.7 Å². The van der Waals surface area contributed by atoms with Crippen LogP contribution in [0.4, 0.5) is 36.4 Å². The molecule has 2 aromatic heterocycles. The fourth-order valence-corrected chi connectivity index (χ4v) is 3.87. The largest absolute Gasteiger partial charge is 0.490 e. The summed E-state index contributed by atoms with van der Waals surface area (Å²) < 4.78 is 79.5. The number of H-pyrrole nitrogens is 1. The van der Waals surface area contributed by atoms with Crippen molar-refractivity contribution in [2.75, 3.05) is 23.1 Å². The van der Waals surface area contributed by atoms with Crippen molar-refractivity contribution in [3.63, 3.8) is 0 Å². The van der Waals surface area contributed by atoms with Crippen molar-refractivity contribution in [1.82, 2.24) is 20.2 Å². The van der Waals surface area contributed by atoms with Crippen LogP contribution in [0.3, 0.4) is 0 Å². The van der Waals surface area contributed by atoms with E-state index in [1.54, 1.807) is 6.07 Å². The van der Waals surface area contributed by atoms with E-state index in [2.05, 4.69) is 30.8 Å². The number of hydrogen-bond acceptors (Lipinski definition) is 10. The van der Waals surface area contributed by atoms with E-state index in [0.29, 0.717) is 11.6 Å². The van der Waals surface area contributed by atoms with Gasteiger partial charge in [0.05, 0.1) is 15.5 Å². The number of nitrogens with one attached hydrogen (secondary N) is 3. The highest BCUT2D eigenvalue weighted by Crippen LogP contribution is 2.25. The van der Waals surface area contributed by atoms with Crippen LogP contribution in [-0.2, 0) is 24.5 Å². The maximum absolute atomic E-state index is 11.9. The molecule has 0 bridgehead atoms. The summed E-state index contributed by atoms with van der Waals surface area (Å²) in [6.07, 6.45) is -1.56. The first-order valence-corrected chi connectivity index (χ1v) is 13.4. The number of aliphatic carboxylic acids is 1. The molecular weight excluding hydrogens is 529 g/mol. The number of aromatic amines is 1. The minimum Gasteiger partial charge on any atom is -0.475 e. The summed E-state index contributed by atoms with van der Waals surface area (Å²) >= 11 is 0. The molecule has 0 saturated heterocycles. The topological polar surface area (TPSA) is 184 Å². The Bertz CT molecular complexity index is 1440. The van der Waals surface area contributed by atoms with E-state index in [4.69, 9.17) is 9.90 Å². The molecule has 0 aliphatic heterocycles. The van der Waals surface area contributed by atoms with Crippen LogP contribution in [0.2, 0.25) is 0 Å². The molecule has 0 aliphatic rings. The molecule has 17 heteroatoms. The third-order valence-electron chi connectivity index (χ3n) is 4.40. The second-order valence-corrected chi connectivity index (χ2v) is 11.4. The fraction of sp³-hybridized carbons (Fsp3) is 0.263. The van der Waals surface area contributed by atoms with Crippen LogP contribution in [0.5, 0.6) is 0 Å². The van der Waals surface area contributed by atoms with Gasteiger partial charge in [-0.05, 0) is 38.1 Å². The van der Waals surface area contributed by atoms with Crippen LogP contribution >= 0.6 is 0 Å². The Balaban J connectivity index is 0.000000572. The van der Waals surface area contributed by atoms with Gasteiger partial charge in [0, 0.05) is 30.0 Å². The lowest BCUT2D eigenvalue weighted by Crippen LogP contribution is -2.21. The third-order valence-corrected chi connectivity index (χ3v) is 6.58. The molecule has 3 aromatic rings. The highest BCUT2D eigenvalue weighted by atomic mass is 32.2. The van der Waals surface area contributed by atoms with Gasteiger partial charge in [-0.3, -0.25) is 5.10 Å². The number of carboxylic acid groups (broad SMARTS) is 1. The second-order valence-electron chi connectivity index (χ2n) is 7.36. The Labute approximate surface area is 203 Å². The average molecular weight is 551 g/mol. The number of benzene rings is 1. The zero-order valence-electron chi connectivity index (χ0n) is 19.2. The van der Waals surface area contributed by atoms with Crippen molar-refractivity contribution in [2.24, 2.45) is 0 Å². The predicted molar refractivity (Wildman–Crippen MR) is 123 cm³/mol. The van der Waals surface area contributed by atoms with Crippen molar-refractivity contribution in [3.05, 3.63) is 41.7 Å². The molecule has 196 valence electrons. The SMILES string of the molecule is Cc1n[nH]c(Nc2ccnc(Nc3cc(S(C)(=O)=O)cc(S(C)(=O)=O)c3)n2)c1C.O=C(O)C(F)(F)F. The normalized spacial score (nSPS) is 11.9. The molecule has 12 nitrogen and oxygen atoms in total. The van der Waals surface area contributed by atoms with Gasteiger partial charge in [-0.2, -0.15) is 23.3 Å². The fourth-order valence-electron chi connectivity index (χ4n) is 2.43. The minimum atomic E-state index is -5.08. The molecule has 0 radical (unpaired) electrons. The molecule has 0 fully saturated rings. The maximum Gasteiger partial charge on any atom is 0.490 e. The molecule has 1 aromatic carbocycles. The number of hydrogen-bond donors (Lipinski definition) is 4. The molecule has 2 heterocycles. The molecule has 0 spiro atoms. The van der Waals surface area contributed by atoms with Crippen LogP contribution < -0.4 is 10.6 Å². The zero-order valence-corrected chi connectivity index (χ0v) is 20.8. The molecule has 0 aliphatic carbocycles. The summed E-state index contributed by atoms with van der Waals surface area (Å²) in [5.41, 5.74) is 2.03. The zero-order chi connectivity index (χ0) is 27.5. The van der Waals surface area contributed by atoms with Crippen LogP contribution in [0.25, 0.3) is 0 Å². The second kappa shape index (κ2) is 10.5. The quantitative estimate of drug-likeness (QED) is 0.354. The molecule has 0 unspecified atom stereocenters. The minimum absolute atomic E-state index is 0.124. The van der Waals surface area contributed by atoms with Gasteiger partial charge >= 0.3 is 12.1 Å². The van der Waals surface area contributed by atoms with E-state index in [0.717, 1.165) is 29.8 Å². The Morgan fingerprint density at radius 3 is 1.94 bits per heavy atom. The van der Waals surface area contributed by atoms with Crippen molar-refractivity contribution >= 4 is 48.9 Å². The number of aromatic nitrogens is 4. The smallest absolute Gasteiger partial charge is 0.475 e. The summed E-state index contributed by atoms with van der Waals surface area (Å²) in [5.74, 6) is -1.44. The molecular formula is C19H21F3N6O6S2. The van der Waals surface area contributed by atoms with Gasteiger partial charge in [-0.15, -0.1) is 0 Å². The Hall–Kier alpha value is -3.73. The molecule has 0 amide bonds. The number of halogens is 3. The van der Waals surface area contributed by atoms with E-state index in [1.165, 1.54) is 18.3 Å². The summed E-state index contributed by atoms with van der Waals surface area (Å²) in [6.45, 7) is 3.78. The van der Waals surface area contributed by atoms with Gasteiger partial charge in [0.25, 0.3) is 0 Å². The number of carboxylic acids is 1. The molecule has 0 atom stereocenters. The first-order valence-electron chi connectivity index (χ1n) is 9.62. The lowest BCUT2D eigenvalue weighted by Gasteiger charge is -2.11. The van der Waals surface area contributed by atoms with E-state index >= 15 is 0 Å². The molecule has 4 N–H and O–H groups in total. The van der Waals surface area contributed by atoms with Crippen molar-refractivity contribution < 1.29 is 39.9 Å². The highest BCUT2D eigenvalue weighted by molar-refractivity contribution is 7.91. The van der Waals surface area contributed by atoms with Crippen molar-refractivity contribution in [2.45, 2.75) is 29.8 Å². The van der Waals surface area contributed by atoms with Gasteiger partial charge in [0.2, 0.25) is 5.95 Å². The number of nitrogens with zero attached hydrogens (tertiary/aromatic N) is 3. The van der Waals surface area contributed by atoms with Crippen LogP contribution in [0.15, 0.2) is 40.3 Å². The van der Waals surface area contributed by atoms with E-state index in [-0.39, 0.29) is 21.4 Å². The Morgan fingerprint density at radius 1 is 1.00 bits per heavy atom. The van der Waals surface area contributed by atoms with Gasteiger partial charge < -0.3 is 15.7 Å². The first-order chi connectivity index (χ1) is 16.4. The molecule has 3 rings (SSSR count).